The number of methoxy groups -OCH3 is 1. The number of carbonyl (C=O) groups is 2. The van der Waals surface area contributed by atoms with Crippen LogP contribution in [0.2, 0.25) is 10.0 Å². The lowest BCUT2D eigenvalue weighted by atomic mass is 10.0. The highest BCUT2D eigenvalue weighted by molar-refractivity contribution is 7.92. The first-order valence-electron chi connectivity index (χ1n) is 10.8. The molecule has 0 radical (unpaired) electrons. The molecule has 2 N–H and O–H groups in total. The Labute approximate surface area is 218 Å². The number of fused-ring (bicyclic) bond motifs is 1. The number of pyridine rings is 1. The number of aryl methyl sites for hydroxylation is 1. The molecule has 1 atom stereocenters. The molecule has 0 aliphatic carbocycles. The second-order valence-corrected chi connectivity index (χ2v) is 10.8. The molecule has 3 aromatic rings. The summed E-state index contributed by atoms with van der Waals surface area (Å²) in [4.78, 5) is 29.2. The Morgan fingerprint density at radius 1 is 1.11 bits per heavy atom. The molecule has 0 unspecified atom stereocenters. The van der Waals surface area contributed by atoms with E-state index in [0.29, 0.717) is 5.69 Å². The van der Waals surface area contributed by atoms with Crippen LogP contribution in [0, 0.1) is 6.92 Å². The lowest BCUT2D eigenvalue weighted by Gasteiger charge is -2.35. The number of nitrogens with one attached hydrogen (secondary N) is 2. The monoisotopic (exact) mass is 548 g/mol. The number of alkyl carbamates (subject to hydrolysis) is 1. The van der Waals surface area contributed by atoms with Gasteiger partial charge in [0.15, 0.2) is 0 Å². The maximum Gasteiger partial charge on any atom is 0.407 e. The number of hydrogen-bond acceptors (Lipinski definition) is 6. The van der Waals surface area contributed by atoms with Crippen LogP contribution in [0.1, 0.15) is 21.6 Å². The van der Waals surface area contributed by atoms with Gasteiger partial charge in [-0.3, -0.25) is 14.1 Å². The van der Waals surface area contributed by atoms with Gasteiger partial charge < -0.3 is 15.4 Å². The zero-order chi connectivity index (χ0) is 26.0. The molecular weight excluding hydrogens is 527 g/mol. The summed E-state index contributed by atoms with van der Waals surface area (Å²) in [5, 5.41) is 5.68. The average molecular weight is 549 g/mol. The van der Waals surface area contributed by atoms with Crippen LogP contribution in [0.25, 0.3) is 0 Å². The van der Waals surface area contributed by atoms with Crippen molar-refractivity contribution in [3.63, 3.8) is 0 Å². The number of aromatic nitrogens is 1. The van der Waals surface area contributed by atoms with E-state index >= 15 is 0 Å². The first-order chi connectivity index (χ1) is 17.1. The third-order valence-electron chi connectivity index (χ3n) is 5.57. The van der Waals surface area contributed by atoms with E-state index < -0.39 is 28.1 Å². The van der Waals surface area contributed by atoms with Crippen molar-refractivity contribution in [2.45, 2.75) is 24.3 Å². The number of amides is 2. The minimum Gasteiger partial charge on any atom is -0.453 e. The summed E-state index contributed by atoms with van der Waals surface area (Å²) >= 11 is 12.3. The Bertz CT molecular complexity index is 1430. The Hall–Kier alpha value is -3.34. The van der Waals surface area contributed by atoms with Gasteiger partial charge >= 0.3 is 6.09 Å². The van der Waals surface area contributed by atoms with E-state index in [2.05, 4.69) is 20.4 Å². The molecule has 36 heavy (non-hydrogen) atoms. The largest absolute Gasteiger partial charge is 0.453 e. The third kappa shape index (κ3) is 5.25. The maximum absolute atomic E-state index is 13.7. The molecule has 12 heteroatoms. The van der Waals surface area contributed by atoms with E-state index in [1.807, 2.05) is 0 Å². The summed E-state index contributed by atoms with van der Waals surface area (Å²) in [5.74, 6) is -0.568. The fourth-order valence-electron chi connectivity index (χ4n) is 3.88. The number of ether oxygens (including phenoxy) is 1. The molecule has 0 fully saturated rings. The lowest BCUT2D eigenvalue weighted by molar-refractivity contribution is 0.102. The zero-order valence-electron chi connectivity index (χ0n) is 19.3. The van der Waals surface area contributed by atoms with E-state index in [1.165, 1.54) is 41.9 Å². The van der Waals surface area contributed by atoms with Crippen molar-refractivity contribution in [1.29, 1.82) is 0 Å². The summed E-state index contributed by atoms with van der Waals surface area (Å²) in [6.45, 7) is 1.73. The lowest BCUT2D eigenvalue weighted by Crippen LogP contribution is -2.50. The minimum atomic E-state index is -4.04. The van der Waals surface area contributed by atoms with Gasteiger partial charge in [-0.1, -0.05) is 41.4 Å². The molecule has 2 aromatic carbocycles. The molecule has 1 aromatic heterocycles. The van der Waals surface area contributed by atoms with Crippen molar-refractivity contribution in [3.8, 4) is 0 Å². The molecule has 0 saturated carbocycles. The van der Waals surface area contributed by atoms with E-state index in [1.54, 1.807) is 31.2 Å². The quantitative estimate of drug-likeness (QED) is 0.487. The van der Waals surface area contributed by atoms with Gasteiger partial charge in [0.1, 0.15) is 0 Å². The van der Waals surface area contributed by atoms with E-state index in [9.17, 15) is 18.0 Å². The molecule has 0 saturated heterocycles. The van der Waals surface area contributed by atoms with E-state index in [-0.39, 0.29) is 44.8 Å². The van der Waals surface area contributed by atoms with Gasteiger partial charge in [-0.05, 0) is 42.8 Å². The first kappa shape index (κ1) is 25.7. The molecule has 2 heterocycles. The Morgan fingerprint density at radius 2 is 1.81 bits per heavy atom. The van der Waals surface area contributed by atoms with Gasteiger partial charge in [0, 0.05) is 6.42 Å². The topological polar surface area (TPSA) is 118 Å². The summed E-state index contributed by atoms with van der Waals surface area (Å²) in [6.07, 6.45) is 0.978. The van der Waals surface area contributed by atoms with Crippen LogP contribution in [0.15, 0.2) is 59.6 Å². The number of nitrogens with zero attached hydrogens (tertiary/aromatic N) is 2. The van der Waals surface area contributed by atoms with Crippen LogP contribution in [-0.2, 0) is 21.2 Å². The van der Waals surface area contributed by atoms with Crippen LogP contribution in [0.5, 0.6) is 0 Å². The number of benzene rings is 2. The fourth-order valence-corrected chi connectivity index (χ4v) is 6.08. The Morgan fingerprint density at radius 3 is 2.47 bits per heavy atom. The van der Waals surface area contributed by atoms with Gasteiger partial charge in [0.2, 0.25) is 0 Å². The van der Waals surface area contributed by atoms with Crippen LogP contribution in [0.3, 0.4) is 0 Å². The molecule has 9 nitrogen and oxygen atoms in total. The van der Waals surface area contributed by atoms with Gasteiger partial charge in [0.25, 0.3) is 15.9 Å². The Kier molecular flexibility index (Phi) is 7.39. The van der Waals surface area contributed by atoms with E-state index in [0.717, 1.165) is 5.56 Å². The molecule has 1 aliphatic rings. The van der Waals surface area contributed by atoms with Crippen molar-refractivity contribution in [1.82, 2.24) is 10.3 Å². The summed E-state index contributed by atoms with van der Waals surface area (Å²) < 4.78 is 33.2. The van der Waals surface area contributed by atoms with Gasteiger partial charge in [0.05, 0.1) is 63.5 Å². The summed E-state index contributed by atoms with van der Waals surface area (Å²) in [6, 6.07) is 12.1. The third-order valence-corrected chi connectivity index (χ3v) is 7.98. The van der Waals surface area contributed by atoms with Crippen molar-refractivity contribution in [3.05, 3.63) is 81.6 Å². The van der Waals surface area contributed by atoms with Gasteiger partial charge in [-0.15, -0.1) is 0 Å². The molecule has 4 rings (SSSR count). The molecule has 0 spiro atoms. The summed E-state index contributed by atoms with van der Waals surface area (Å²) in [7, 11) is -2.81. The number of rotatable bonds is 5. The van der Waals surface area contributed by atoms with Crippen molar-refractivity contribution in [2.75, 3.05) is 23.3 Å². The zero-order valence-corrected chi connectivity index (χ0v) is 21.6. The number of sulfonamides is 1. The highest BCUT2D eigenvalue weighted by atomic mass is 35.5. The summed E-state index contributed by atoms with van der Waals surface area (Å²) in [5.41, 5.74) is 1.81. The minimum absolute atomic E-state index is 0.0617. The number of carbonyl (C=O) groups excluding carboxylic acids is 2. The van der Waals surface area contributed by atoms with E-state index in [4.69, 9.17) is 23.2 Å². The standard InChI is InChI=1S/C24H22Cl2N4O5S/c1-14-5-3-6-17(9-14)36(33,34)30-13-16(29-24(32)35-2)10-20-21(30)11-15(12-27-20)28-23(31)22-18(25)7-4-8-19(22)26/h3-9,11-12,16H,10,13H2,1-2H3,(H,28,31)(H,29,32)/t16-/m1/s1. The molecule has 2 amide bonds. The predicted octanol–water partition coefficient (Wildman–Crippen LogP) is 4.43. The second kappa shape index (κ2) is 10.3. The van der Waals surface area contributed by atoms with Crippen LogP contribution < -0.4 is 14.9 Å². The second-order valence-electron chi connectivity index (χ2n) is 8.13. The molecule has 0 bridgehead atoms. The molecular formula is C24H22Cl2N4O5S. The van der Waals surface area contributed by atoms with Crippen molar-refractivity contribution in [2.24, 2.45) is 0 Å². The fraction of sp³-hybridized carbons (Fsp3) is 0.208. The van der Waals surface area contributed by atoms with Crippen LogP contribution >= 0.6 is 23.2 Å². The van der Waals surface area contributed by atoms with Crippen LogP contribution in [-0.4, -0.2) is 45.1 Å². The van der Waals surface area contributed by atoms with Crippen LogP contribution in [0.4, 0.5) is 16.2 Å². The number of halogens is 2. The molecule has 1 aliphatic heterocycles. The highest BCUT2D eigenvalue weighted by Gasteiger charge is 2.35. The highest BCUT2D eigenvalue weighted by Crippen LogP contribution is 2.34. The average Bonchev–Trinajstić information content (AvgIpc) is 2.83. The van der Waals surface area contributed by atoms with Gasteiger partial charge in [-0.25, -0.2) is 13.2 Å². The first-order valence-corrected chi connectivity index (χ1v) is 13.0. The normalized spacial score (nSPS) is 15.1. The molecule has 188 valence electrons. The number of hydrogen-bond donors (Lipinski definition) is 2. The Balaban J connectivity index is 1.73. The van der Waals surface area contributed by atoms with Crippen molar-refractivity contribution >= 4 is 56.6 Å². The van der Waals surface area contributed by atoms with Crippen molar-refractivity contribution < 1.29 is 22.7 Å². The SMILES string of the molecule is COC(=O)N[C@@H]1Cc2ncc(NC(=O)c3c(Cl)cccc3Cl)cc2N(S(=O)(=O)c2cccc(C)c2)C1. The predicted molar refractivity (Wildman–Crippen MR) is 137 cm³/mol. The maximum atomic E-state index is 13.7. The van der Waals surface area contributed by atoms with Gasteiger partial charge in [-0.2, -0.15) is 0 Å². The number of anilines is 2. The smallest absolute Gasteiger partial charge is 0.407 e.